The smallest absolute Gasteiger partial charge is 0.00489 e. The summed E-state index contributed by atoms with van der Waals surface area (Å²) in [5.74, 6) is 0. The second kappa shape index (κ2) is 17.9. The van der Waals surface area contributed by atoms with E-state index in [0.29, 0.717) is 0 Å². The van der Waals surface area contributed by atoms with Crippen molar-refractivity contribution < 1.29 is 0 Å². The van der Waals surface area contributed by atoms with Crippen LogP contribution in [0, 0.1) is 0 Å². The summed E-state index contributed by atoms with van der Waals surface area (Å²) in [6.45, 7) is 9.40. The predicted molar refractivity (Wildman–Crippen MR) is 87.9 cm³/mol. The maximum absolute atomic E-state index is 3.55. The zero-order chi connectivity index (χ0) is 14.0. The molecule has 0 saturated carbocycles. The summed E-state index contributed by atoms with van der Waals surface area (Å²) in [6, 6.07) is 0. The molecule has 19 heavy (non-hydrogen) atoms. The number of rotatable bonds is 16. The van der Waals surface area contributed by atoms with E-state index in [9.17, 15) is 0 Å². The Morgan fingerprint density at radius 1 is 0.421 bits per heavy atom. The van der Waals surface area contributed by atoms with Crippen molar-refractivity contribution in [1.82, 2.24) is 10.6 Å². The van der Waals surface area contributed by atoms with Gasteiger partial charge in [-0.2, -0.15) is 0 Å². The summed E-state index contributed by atoms with van der Waals surface area (Å²) in [5, 5.41) is 7.10. The Morgan fingerprint density at radius 3 is 1.05 bits per heavy atom. The molecule has 0 saturated heterocycles. The molecule has 116 valence electrons. The van der Waals surface area contributed by atoms with Crippen molar-refractivity contribution in [2.24, 2.45) is 0 Å². The summed E-state index contributed by atoms with van der Waals surface area (Å²) < 4.78 is 0. The summed E-state index contributed by atoms with van der Waals surface area (Å²) >= 11 is 0. The van der Waals surface area contributed by atoms with Gasteiger partial charge in [-0.05, 0) is 51.9 Å². The Morgan fingerprint density at radius 2 is 0.737 bits per heavy atom. The van der Waals surface area contributed by atoms with Crippen molar-refractivity contribution in [3.05, 3.63) is 0 Å². The van der Waals surface area contributed by atoms with Gasteiger partial charge in [0, 0.05) is 0 Å². The lowest BCUT2D eigenvalue weighted by molar-refractivity contribution is 0.542. The molecule has 0 aliphatic heterocycles. The van der Waals surface area contributed by atoms with Crippen LogP contribution >= 0.6 is 0 Å². The molecule has 0 aliphatic carbocycles. The lowest BCUT2D eigenvalue weighted by atomic mass is 10.2. The van der Waals surface area contributed by atoms with Gasteiger partial charge in [-0.1, -0.05) is 58.8 Å². The van der Waals surface area contributed by atoms with E-state index in [2.05, 4.69) is 24.5 Å². The largest absolute Gasteiger partial charge is 0.317 e. The molecule has 0 rings (SSSR count). The summed E-state index contributed by atoms with van der Waals surface area (Å²) in [6.07, 6.45) is 15.0. The second-order valence-corrected chi connectivity index (χ2v) is 5.68. The molecule has 0 fully saturated rings. The van der Waals surface area contributed by atoms with Gasteiger partial charge in [0.05, 0.1) is 0 Å². The van der Waals surface area contributed by atoms with E-state index >= 15 is 0 Å². The van der Waals surface area contributed by atoms with Gasteiger partial charge in [0.2, 0.25) is 0 Å². The minimum Gasteiger partial charge on any atom is -0.317 e. The van der Waals surface area contributed by atoms with Gasteiger partial charge in [0.15, 0.2) is 0 Å². The van der Waals surface area contributed by atoms with E-state index < -0.39 is 0 Å². The van der Waals surface area contributed by atoms with E-state index in [-0.39, 0.29) is 0 Å². The topological polar surface area (TPSA) is 24.1 Å². The Labute approximate surface area is 122 Å². The zero-order valence-electron chi connectivity index (χ0n) is 13.6. The van der Waals surface area contributed by atoms with Crippen LogP contribution in [0.4, 0.5) is 0 Å². The molecular formula is C17H38N2. The normalized spacial score (nSPS) is 11.1. The highest BCUT2D eigenvalue weighted by Gasteiger charge is 1.92. The monoisotopic (exact) mass is 270 g/mol. The average Bonchev–Trinajstić information content (AvgIpc) is 2.43. The molecular weight excluding hydrogens is 232 g/mol. The van der Waals surface area contributed by atoms with E-state index in [1.807, 2.05) is 0 Å². The van der Waals surface area contributed by atoms with Crippen molar-refractivity contribution in [1.29, 1.82) is 0 Å². The predicted octanol–water partition coefficient (Wildman–Crippen LogP) is 4.50. The standard InChI is InChI=1S/C17H38N2/c1-3-5-7-10-14-18-16-12-9-13-17-19-15-11-8-6-4-2/h18-19H,3-17H2,1-2H3. The molecule has 0 heterocycles. The first-order valence-corrected chi connectivity index (χ1v) is 8.83. The lowest BCUT2D eigenvalue weighted by Gasteiger charge is -2.06. The van der Waals surface area contributed by atoms with Crippen molar-refractivity contribution in [3.63, 3.8) is 0 Å². The fraction of sp³-hybridized carbons (Fsp3) is 1.00. The molecule has 0 aromatic carbocycles. The molecule has 0 aromatic rings. The lowest BCUT2D eigenvalue weighted by Crippen LogP contribution is -2.18. The minimum absolute atomic E-state index is 1.21. The maximum atomic E-state index is 3.55. The van der Waals surface area contributed by atoms with Crippen LogP contribution in [0.1, 0.15) is 84.5 Å². The van der Waals surface area contributed by atoms with E-state index in [4.69, 9.17) is 0 Å². The zero-order valence-corrected chi connectivity index (χ0v) is 13.6. The van der Waals surface area contributed by atoms with E-state index in [1.54, 1.807) is 0 Å². The first kappa shape index (κ1) is 18.9. The average molecular weight is 271 g/mol. The van der Waals surface area contributed by atoms with E-state index in [0.717, 1.165) is 0 Å². The van der Waals surface area contributed by atoms with Crippen molar-refractivity contribution in [2.75, 3.05) is 26.2 Å². The molecule has 0 aliphatic rings. The van der Waals surface area contributed by atoms with Gasteiger partial charge in [-0.15, -0.1) is 0 Å². The quantitative estimate of drug-likeness (QED) is 0.404. The van der Waals surface area contributed by atoms with Crippen LogP contribution in [0.25, 0.3) is 0 Å². The Balaban J connectivity index is 2.88. The minimum atomic E-state index is 1.21. The third-order valence-corrected chi connectivity index (χ3v) is 3.62. The van der Waals surface area contributed by atoms with Crippen molar-refractivity contribution in [3.8, 4) is 0 Å². The maximum Gasteiger partial charge on any atom is -0.00489 e. The first-order valence-electron chi connectivity index (χ1n) is 8.83. The molecule has 0 spiro atoms. The number of nitrogens with one attached hydrogen (secondary N) is 2. The second-order valence-electron chi connectivity index (χ2n) is 5.68. The molecule has 2 N–H and O–H groups in total. The summed E-state index contributed by atoms with van der Waals surface area (Å²) in [5.41, 5.74) is 0. The Bertz CT molecular complexity index is 132. The van der Waals surface area contributed by atoms with Crippen molar-refractivity contribution >= 4 is 0 Å². The fourth-order valence-corrected chi connectivity index (χ4v) is 2.28. The third kappa shape index (κ3) is 17.9. The molecule has 0 amide bonds. The van der Waals surface area contributed by atoms with Crippen LogP contribution in [0.3, 0.4) is 0 Å². The number of hydrogen-bond donors (Lipinski definition) is 2. The highest BCUT2D eigenvalue weighted by Crippen LogP contribution is 1.99. The van der Waals surface area contributed by atoms with Gasteiger partial charge in [0.1, 0.15) is 0 Å². The fourth-order valence-electron chi connectivity index (χ4n) is 2.28. The highest BCUT2D eigenvalue weighted by molar-refractivity contribution is 4.53. The molecule has 0 aromatic heterocycles. The Hall–Kier alpha value is -0.0800. The van der Waals surface area contributed by atoms with Crippen LogP contribution in [-0.4, -0.2) is 26.2 Å². The molecule has 2 nitrogen and oxygen atoms in total. The van der Waals surface area contributed by atoms with Gasteiger partial charge in [-0.25, -0.2) is 0 Å². The summed E-state index contributed by atoms with van der Waals surface area (Å²) in [4.78, 5) is 0. The van der Waals surface area contributed by atoms with Crippen molar-refractivity contribution in [2.45, 2.75) is 84.5 Å². The molecule has 0 bridgehead atoms. The molecule has 0 unspecified atom stereocenters. The van der Waals surface area contributed by atoms with Gasteiger partial charge >= 0.3 is 0 Å². The SMILES string of the molecule is CCCCCCNCCCCCNCCCCCC. The number of unbranched alkanes of at least 4 members (excludes halogenated alkanes) is 8. The Kier molecular flexibility index (Phi) is 17.8. The van der Waals surface area contributed by atoms with Gasteiger partial charge in [-0.3, -0.25) is 0 Å². The highest BCUT2D eigenvalue weighted by atomic mass is 14.8. The number of hydrogen-bond acceptors (Lipinski definition) is 2. The first-order chi connectivity index (χ1) is 9.41. The molecule has 0 radical (unpaired) electrons. The molecule has 0 atom stereocenters. The third-order valence-electron chi connectivity index (χ3n) is 3.62. The van der Waals surface area contributed by atoms with Gasteiger partial charge < -0.3 is 10.6 Å². The van der Waals surface area contributed by atoms with E-state index in [1.165, 1.54) is 96.8 Å². The molecule has 2 heteroatoms. The van der Waals surface area contributed by atoms with Crippen LogP contribution < -0.4 is 10.6 Å². The van der Waals surface area contributed by atoms with Gasteiger partial charge in [0.25, 0.3) is 0 Å². The summed E-state index contributed by atoms with van der Waals surface area (Å²) in [7, 11) is 0. The van der Waals surface area contributed by atoms with Crippen LogP contribution in [0.5, 0.6) is 0 Å². The van der Waals surface area contributed by atoms with Crippen LogP contribution in [0.15, 0.2) is 0 Å². The van der Waals surface area contributed by atoms with Crippen LogP contribution in [0.2, 0.25) is 0 Å². The van der Waals surface area contributed by atoms with Crippen LogP contribution in [-0.2, 0) is 0 Å².